The van der Waals surface area contributed by atoms with Gasteiger partial charge in [0.2, 0.25) is 5.91 Å². The molecule has 0 bridgehead atoms. The van der Waals surface area contributed by atoms with Crippen LogP contribution in [0.5, 0.6) is 0 Å². The second kappa shape index (κ2) is 6.41. The number of likely N-dealkylation sites (tertiary alicyclic amines) is 1. The molecule has 114 valence electrons. The van der Waals surface area contributed by atoms with Crippen molar-refractivity contribution < 1.29 is 4.79 Å². The number of hydrogen-bond donors (Lipinski definition) is 1. The zero-order valence-corrected chi connectivity index (χ0v) is 12.7. The van der Waals surface area contributed by atoms with Gasteiger partial charge in [0.05, 0.1) is 6.54 Å². The van der Waals surface area contributed by atoms with Crippen LogP contribution in [0.1, 0.15) is 26.2 Å². The van der Waals surface area contributed by atoms with Crippen LogP contribution in [-0.2, 0) is 4.79 Å². The van der Waals surface area contributed by atoms with Crippen LogP contribution in [0.2, 0.25) is 0 Å². The first kappa shape index (κ1) is 14.3. The molecule has 5 heteroatoms. The fraction of sp³-hybridized carbons (Fsp3) is 0.933. The van der Waals surface area contributed by atoms with E-state index in [1.807, 2.05) is 0 Å². The van der Waals surface area contributed by atoms with Crippen LogP contribution >= 0.6 is 0 Å². The second-order valence-corrected chi connectivity index (χ2v) is 6.56. The minimum Gasteiger partial charge on any atom is -0.339 e. The molecule has 0 saturated carbocycles. The molecule has 5 nitrogen and oxygen atoms in total. The summed E-state index contributed by atoms with van der Waals surface area (Å²) in [6.45, 7) is 10.4. The van der Waals surface area contributed by atoms with Gasteiger partial charge in [-0.3, -0.25) is 14.6 Å². The molecular formula is C15H28N4O. The summed E-state index contributed by atoms with van der Waals surface area (Å²) in [6.07, 6.45) is 3.63. The van der Waals surface area contributed by atoms with E-state index in [4.69, 9.17) is 0 Å². The smallest absolute Gasteiger partial charge is 0.236 e. The van der Waals surface area contributed by atoms with Crippen LogP contribution < -0.4 is 5.32 Å². The lowest BCUT2D eigenvalue weighted by Gasteiger charge is -2.43. The molecule has 1 unspecified atom stereocenters. The van der Waals surface area contributed by atoms with Crippen LogP contribution in [0.15, 0.2) is 0 Å². The molecule has 0 aromatic heterocycles. The highest BCUT2D eigenvalue weighted by atomic mass is 16.2. The average Bonchev–Trinajstić information content (AvgIpc) is 2.39. The fourth-order valence-electron chi connectivity index (χ4n) is 3.57. The summed E-state index contributed by atoms with van der Waals surface area (Å²) in [5.41, 5.74) is 0. The fourth-order valence-corrected chi connectivity index (χ4v) is 3.57. The van der Waals surface area contributed by atoms with Crippen LogP contribution in [0.25, 0.3) is 0 Å². The van der Waals surface area contributed by atoms with E-state index in [1.165, 1.54) is 19.3 Å². The third kappa shape index (κ3) is 3.15. The number of carbonyl (C=O) groups excluding carboxylic acids is 1. The molecule has 20 heavy (non-hydrogen) atoms. The van der Waals surface area contributed by atoms with E-state index < -0.39 is 0 Å². The Morgan fingerprint density at radius 3 is 2.45 bits per heavy atom. The van der Waals surface area contributed by atoms with Crippen molar-refractivity contribution in [1.29, 1.82) is 0 Å². The van der Waals surface area contributed by atoms with Gasteiger partial charge in [0.1, 0.15) is 0 Å². The Kier molecular flexibility index (Phi) is 4.58. The van der Waals surface area contributed by atoms with E-state index in [2.05, 4.69) is 26.9 Å². The van der Waals surface area contributed by atoms with E-state index in [-0.39, 0.29) is 0 Å². The number of piperazine rings is 1. The molecule has 0 aromatic rings. The highest BCUT2D eigenvalue weighted by Crippen LogP contribution is 2.17. The Morgan fingerprint density at radius 1 is 1.10 bits per heavy atom. The molecule has 3 aliphatic heterocycles. The topological polar surface area (TPSA) is 38.8 Å². The monoisotopic (exact) mass is 280 g/mol. The van der Waals surface area contributed by atoms with E-state index in [0.717, 1.165) is 51.9 Å². The van der Waals surface area contributed by atoms with Crippen LogP contribution in [0.3, 0.4) is 0 Å². The average molecular weight is 280 g/mol. The first-order valence-electron chi connectivity index (χ1n) is 8.20. The molecule has 3 saturated heterocycles. The van der Waals surface area contributed by atoms with E-state index in [1.54, 1.807) is 0 Å². The van der Waals surface area contributed by atoms with Gasteiger partial charge in [-0.15, -0.1) is 0 Å². The molecule has 0 aromatic carbocycles. The lowest BCUT2D eigenvalue weighted by atomic mass is 10.0. The van der Waals surface area contributed by atoms with E-state index in [9.17, 15) is 4.79 Å². The normalized spacial score (nSPS) is 30.2. The highest BCUT2D eigenvalue weighted by Gasteiger charge is 2.29. The molecule has 1 amide bonds. The second-order valence-electron chi connectivity index (χ2n) is 6.56. The van der Waals surface area contributed by atoms with Gasteiger partial charge in [0.25, 0.3) is 0 Å². The van der Waals surface area contributed by atoms with E-state index in [0.29, 0.717) is 18.5 Å². The van der Waals surface area contributed by atoms with Gasteiger partial charge in [-0.05, 0) is 26.2 Å². The summed E-state index contributed by atoms with van der Waals surface area (Å²) in [7, 11) is 0. The van der Waals surface area contributed by atoms with Crippen LogP contribution in [-0.4, -0.2) is 85.0 Å². The standard InChI is InChI=1S/C15H28N4O/c1-13-4-2-3-5-19(13)15(20)12-17-6-8-18(9-7-17)14-10-16-11-14/h13-14,16H,2-12H2,1H3. The molecule has 0 radical (unpaired) electrons. The minimum atomic E-state index is 0.343. The van der Waals surface area contributed by atoms with Gasteiger partial charge in [0, 0.05) is 57.9 Å². The summed E-state index contributed by atoms with van der Waals surface area (Å²) >= 11 is 0. The lowest BCUT2D eigenvalue weighted by Crippen LogP contribution is -2.62. The Labute approximate surface area is 122 Å². The molecule has 0 aliphatic carbocycles. The summed E-state index contributed by atoms with van der Waals surface area (Å²) in [4.78, 5) is 19.4. The number of piperidine rings is 1. The molecule has 0 spiro atoms. The predicted molar refractivity (Wildman–Crippen MR) is 79.7 cm³/mol. The highest BCUT2D eigenvalue weighted by molar-refractivity contribution is 5.78. The van der Waals surface area contributed by atoms with Gasteiger partial charge >= 0.3 is 0 Å². The number of carbonyl (C=O) groups is 1. The van der Waals surface area contributed by atoms with Gasteiger partial charge in [-0.25, -0.2) is 0 Å². The van der Waals surface area contributed by atoms with Crippen molar-refractivity contribution in [1.82, 2.24) is 20.0 Å². The van der Waals surface area contributed by atoms with Crippen LogP contribution in [0, 0.1) is 0 Å². The maximum atomic E-state index is 12.4. The summed E-state index contributed by atoms with van der Waals surface area (Å²) in [5, 5.41) is 3.33. The Hall–Kier alpha value is -0.650. The van der Waals surface area contributed by atoms with Gasteiger partial charge in [-0.2, -0.15) is 0 Å². The van der Waals surface area contributed by atoms with Gasteiger partial charge in [-0.1, -0.05) is 0 Å². The molecule has 3 fully saturated rings. The molecule has 1 N–H and O–H groups in total. The molecule has 3 rings (SSSR count). The largest absolute Gasteiger partial charge is 0.339 e. The lowest BCUT2D eigenvalue weighted by molar-refractivity contribution is -0.136. The first-order valence-corrected chi connectivity index (χ1v) is 8.20. The van der Waals surface area contributed by atoms with Crippen molar-refractivity contribution >= 4 is 5.91 Å². The quantitative estimate of drug-likeness (QED) is 0.788. The van der Waals surface area contributed by atoms with Crippen molar-refractivity contribution in [2.45, 2.75) is 38.3 Å². The third-order valence-electron chi connectivity index (χ3n) is 5.17. The number of amides is 1. The van der Waals surface area contributed by atoms with Crippen molar-refractivity contribution in [3.05, 3.63) is 0 Å². The zero-order valence-electron chi connectivity index (χ0n) is 12.7. The summed E-state index contributed by atoms with van der Waals surface area (Å²) < 4.78 is 0. The Balaban J connectivity index is 1.43. The maximum absolute atomic E-state index is 12.4. The minimum absolute atomic E-state index is 0.343. The number of nitrogens with zero attached hydrogens (tertiary/aromatic N) is 3. The Morgan fingerprint density at radius 2 is 1.85 bits per heavy atom. The SMILES string of the molecule is CC1CCCCN1C(=O)CN1CCN(C2CNC2)CC1. The van der Waals surface area contributed by atoms with E-state index >= 15 is 0 Å². The van der Waals surface area contributed by atoms with Crippen molar-refractivity contribution in [2.24, 2.45) is 0 Å². The van der Waals surface area contributed by atoms with Gasteiger partial charge < -0.3 is 10.2 Å². The maximum Gasteiger partial charge on any atom is 0.236 e. The summed E-state index contributed by atoms with van der Waals surface area (Å²) in [6, 6.07) is 1.19. The number of rotatable bonds is 3. The van der Waals surface area contributed by atoms with Crippen LogP contribution in [0.4, 0.5) is 0 Å². The summed E-state index contributed by atoms with van der Waals surface area (Å²) in [5.74, 6) is 0.343. The molecule has 1 atom stereocenters. The first-order chi connectivity index (χ1) is 9.74. The third-order valence-corrected chi connectivity index (χ3v) is 5.17. The Bertz CT molecular complexity index is 337. The number of nitrogens with one attached hydrogen (secondary N) is 1. The molecular weight excluding hydrogens is 252 g/mol. The van der Waals surface area contributed by atoms with Crippen molar-refractivity contribution in [3.8, 4) is 0 Å². The molecule has 3 heterocycles. The zero-order chi connectivity index (χ0) is 13.9. The predicted octanol–water partition coefficient (Wildman–Crippen LogP) is -0.0232. The molecule has 3 aliphatic rings. The van der Waals surface area contributed by atoms with Crippen molar-refractivity contribution in [3.63, 3.8) is 0 Å². The number of hydrogen-bond acceptors (Lipinski definition) is 4. The van der Waals surface area contributed by atoms with Crippen molar-refractivity contribution in [2.75, 3.05) is 52.4 Å². The van der Waals surface area contributed by atoms with Gasteiger partial charge in [0.15, 0.2) is 0 Å².